The molecule has 1 aromatic carbocycles. The van der Waals surface area contributed by atoms with Crippen LogP contribution in [-0.2, 0) is 6.42 Å². The van der Waals surface area contributed by atoms with Crippen LogP contribution < -0.4 is 0 Å². The van der Waals surface area contributed by atoms with Crippen LogP contribution in [0.5, 0.6) is 0 Å². The molecule has 0 aliphatic rings. The predicted molar refractivity (Wildman–Crippen MR) is 71.3 cm³/mol. The quantitative estimate of drug-likeness (QED) is 0.900. The highest BCUT2D eigenvalue weighted by Gasteiger charge is 2.14. The maximum atomic E-state index is 10.2. The molecule has 0 saturated heterocycles. The Morgan fingerprint density at radius 2 is 1.61 bits per heavy atom. The molecule has 1 heterocycles. The second-order valence-electron chi connectivity index (χ2n) is 4.71. The summed E-state index contributed by atoms with van der Waals surface area (Å²) in [5.41, 5.74) is 4.56. The standard InChI is InChI=1S/C15H18N2O/c1-10-8-16-15(17-9-10)14(18)7-13-11(2)5-4-6-12(13)3/h4-6,8-9,14,18H,7H2,1-3H3. The first-order valence-corrected chi connectivity index (χ1v) is 6.09. The lowest BCUT2D eigenvalue weighted by atomic mass is 9.97. The van der Waals surface area contributed by atoms with Crippen LogP contribution in [0.1, 0.15) is 34.2 Å². The molecule has 0 bridgehead atoms. The third-order valence-electron chi connectivity index (χ3n) is 3.14. The lowest BCUT2D eigenvalue weighted by Crippen LogP contribution is -2.08. The molecule has 3 heteroatoms. The van der Waals surface area contributed by atoms with Crippen molar-refractivity contribution < 1.29 is 5.11 Å². The molecule has 3 nitrogen and oxygen atoms in total. The molecule has 0 aliphatic carbocycles. The number of hydrogen-bond donors (Lipinski definition) is 1. The van der Waals surface area contributed by atoms with Gasteiger partial charge in [0.05, 0.1) is 0 Å². The molecule has 0 amide bonds. The Labute approximate surface area is 108 Å². The van der Waals surface area contributed by atoms with Crippen LogP contribution in [0.25, 0.3) is 0 Å². The van der Waals surface area contributed by atoms with Crippen LogP contribution >= 0.6 is 0 Å². The van der Waals surface area contributed by atoms with Crippen molar-refractivity contribution in [3.8, 4) is 0 Å². The number of aryl methyl sites for hydroxylation is 3. The number of aromatic nitrogens is 2. The Hall–Kier alpha value is -1.74. The molecule has 18 heavy (non-hydrogen) atoms. The van der Waals surface area contributed by atoms with E-state index in [2.05, 4.69) is 35.9 Å². The summed E-state index contributed by atoms with van der Waals surface area (Å²) in [4.78, 5) is 8.35. The minimum absolute atomic E-state index is 0.489. The summed E-state index contributed by atoms with van der Waals surface area (Å²) in [5.74, 6) is 0.489. The molecule has 0 fully saturated rings. The summed E-state index contributed by atoms with van der Waals surface area (Å²) in [6.45, 7) is 6.05. The Kier molecular flexibility index (Phi) is 3.72. The van der Waals surface area contributed by atoms with Crippen molar-refractivity contribution in [2.45, 2.75) is 33.3 Å². The third kappa shape index (κ3) is 2.74. The molecule has 2 aromatic rings. The average molecular weight is 242 g/mol. The molecule has 2 rings (SSSR count). The number of rotatable bonds is 3. The largest absolute Gasteiger partial charge is 0.385 e. The molecule has 0 radical (unpaired) electrons. The Morgan fingerprint density at radius 3 is 2.17 bits per heavy atom. The normalized spacial score (nSPS) is 12.4. The summed E-state index contributed by atoms with van der Waals surface area (Å²) >= 11 is 0. The molecule has 0 saturated carbocycles. The van der Waals surface area contributed by atoms with Crippen LogP contribution in [0, 0.1) is 20.8 Å². The molecule has 1 atom stereocenters. The van der Waals surface area contributed by atoms with E-state index >= 15 is 0 Å². The van der Waals surface area contributed by atoms with E-state index in [9.17, 15) is 5.11 Å². The SMILES string of the molecule is Cc1cnc(C(O)Cc2c(C)cccc2C)nc1. The summed E-state index contributed by atoms with van der Waals surface area (Å²) in [7, 11) is 0. The first-order valence-electron chi connectivity index (χ1n) is 6.09. The number of aliphatic hydroxyl groups excluding tert-OH is 1. The minimum Gasteiger partial charge on any atom is -0.385 e. The fraction of sp³-hybridized carbons (Fsp3) is 0.333. The number of benzene rings is 1. The number of nitrogens with zero attached hydrogens (tertiary/aromatic N) is 2. The van der Waals surface area contributed by atoms with Gasteiger partial charge in [0.25, 0.3) is 0 Å². The van der Waals surface area contributed by atoms with Crippen LogP contribution in [0.15, 0.2) is 30.6 Å². The van der Waals surface area contributed by atoms with E-state index in [0.717, 1.165) is 5.56 Å². The van der Waals surface area contributed by atoms with Crippen LogP contribution in [0.2, 0.25) is 0 Å². The van der Waals surface area contributed by atoms with Crippen molar-refractivity contribution in [2.75, 3.05) is 0 Å². The second-order valence-corrected chi connectivity index (χ2v) is 4.71. The van der Waals surface area contributed by atoms with Crippen LogP contribution in [-0.4, -0.2) is 15.1 Å². The average Bonchev–Trinajstić information content (AvgIpc) is 2.34. The molecule has 0 aliphatic heterocycles. The summed E-state index contributed by atoms with van der Waals surface area (Å²) in [5, 5.41) is 10.2. The highest BCUT2D eigenvalue weighted by Crippen LogP contribution is 2.20. The summed E-state index contributed by atoms with van der Waals surface area (Å²) < 4.78 is 0. The summed E-state index contributed by atoms with van der Waals surface area (Å²) in [6, 6.07) is 6.15. The van der Waals surface area contributed by atoms with Gasteiger partial charge in [0.1, 0.15) is 6.10 Å². The fourth-order valence-electron chi connectivity index (χ4n) is 2.03. The van der Waals surface area contributed by atoms with E-state index in [-0.39, 0.29) is 0 Å². The zero-order valence-corrected chi connectivity index (χ0v) is 11.0. The van der Waals surface area contributed by atoms with Crippen LogP contribution in [0.3, 0.4) is 0 Å². The first-order chi connectivity index (χ1) is 8.58. The zero-order chi connectivity index (χ0) is 13.1. The lowest BCUT2D eigenvalue weighted by molar-refractivity contribution is 0.168. The minimum atomic E-state index is -0.648. The van der Waals surface area contributed by atoms with Gasteiger partial charge < -0.3 is 5.11 Å². The van der Waals surface area contributed by atoms with Gasteiger partial charge in [-0.05, 0) is 43.0 Å². The van der Waals surface area contributed by atoms with E-state index in [1.54, 1.807) is 12.4 Å². The van der Waals surface area contributed by atoms with Gasteiger partial charge in [-0.15, -0.1) is 0 Å². The van der Waals surface area contributed by atoms with E-state index < -0.39 is 6.10 Å². The molecule has 1 unspecified atom stereocenters. The highest BCUT2D eigenvalue weighted by atomic mass is 16.3. The van der Waals surface area contributed by atoms with Gasteiger partial charge in [-0.1, -0.05) is 18.2 Å². The summed E-state index contributed by atoms with van der Waals surface area (Å²) in [6.07, 6.45) is 3.37. The zero-order valence-electron chi connectivity index (χ0n) is 11.0. The van der Waals surface area contributed by atoms with Gasteiger partial charge in [0.2, 0.25) is 0 Å². The molecule has 1 aromatic heterocycles. The van der Waals surface area contributed by atoms with E-state index in [1.165, 1.54) is 16.7 Å². The van der Waals surface area contributed by atoms with Gasteiger partial charge in [-0.25, -0.2) is 9.97 Å². The van der Waals surface area contributed by atoms with Crippen LogP contribution in [0.4, 0.5) is 0 Å². The van der Waals surface area contributed by atoms with Crippen molar-refractivity contribution >= 4 is 0 Å². The molecular formula is C15H18N2O. The number of aliphatic hydroxyl groups is 1. The third-order valence-corrected chi connectivity index (χ3v) is 3.14. The maximum Gasteiger partial charge on any atom is 0.157 e. The second kappa shape index (κ2) is 5.27. The Balaban J connectivity index is 2.21. The van der Waals surface area contributed by atoms with Crippen molar-refractivity contribution in [3.63, 3.8) is 0 Å². The van der Waals surface area contributed by atoms with Crippen molar-refractivity contribution in [1.29, 1.82) is 0 Å². The Morgan fingerprint density at radius 1 is 1.06 bits per heavy atom. The van der Waals surface area contributed by atoms with Crippen molar-refractivity contribution in [3.05, 3.63) is 58.7 Å². The Bertz CT molecular complexity index is 514. The van der Waals surface area contributed by atoms with E-state index in [0.29, 0.717) is 12.2 Å². The van der Waals surface area contributed by atoms with E-state index in [1.807, 2.05) is 13.0 Å². The predicted octanol–water partition coefficient (Wildman–Crippen LogP) is 2.68. The van der Waals surface area contributed by atoms with Gasteiger partial charge in [0, 0.05) is 18.8 Å². The fourth-order valence-corrected chi connectivity index (χ4v) is 2.03. The van der Waals surface area contributed by atoms with Gasteiger partial charge in [-0.3, -0.25) is 0 Å². The molecule has 1 N–H and O–H groups in total. The van der Waals surface area contributed by atoms with Crippen molar-refractivity contribution in [1.82, 2.24) is 9.97 Å². The lowest BCUT2D eigenvalue weighted by Gasteiger charge is -2.13. The van der Waals surface area contributed by atoms with Gasteiger partial charge in [0.15, 0.2) is 5.82 Å². The maximum absolute atomic E-state index is 10.2. The van der Waals surface area contributed by atoms with Crippen molar-refractivity contribution in [2.24, 2.45) is 0 Å². The highest BCUT2D eigenvalue weighted by molar-refractivity contribution is 5.34. The molecule has 94 valence electrons. The number of hydrogen-bond acceptors (Lipinski definition) is 3. The molecule has 0 spiro atoms. The topological polar surface area (TPSA) is 46.0 Å². The molecular weight excluding hydrogens is 224 g/mol. The van der Waals surface area contributed by atoms with Gasteiger partial charge >= 0.3 is 0 Å². The smallest absolute Gasteiger partial charge is 0.157 e. The van der Waals surface area contributed by atoms with E-state index in [4.69, 9.17) is 0 Å². The van der Waals surface area contributed by atoms with Gasteiger partial charge in [-0.2, -0.15) is 0 Å². The first kappa shape index (κ1) is 12.7. The monoisotopic (exact) mass is 242 g/mol.